The molecular weight excluding hydrogens is 227 g/mol. The maximum Gasteiger partial charge on any atom is 0.0201 e. The molecule has 1 aliphatic rings. The van der Waals surface area contributed by atoms with Gasteiger partial charge in [-0.3, -0.25) is 0 Å². The van der Waals surface area contributed by atoms with Crippen LogP contribution in [0, 0.1) is 0 Å². The Morgan fingerprint density at radius 1 is 1.11 bits per heavy atom. The lowest BCUT2D eigenvalue weighted by Crippen LogP contribution is -2.28. The summed E-state index contributed by atoms with van der Waals surface area (Å²) in [6.07, 6.45) is 2.59. The monoisotopic (exact) mass is 240 g/mol. The predicted octanol–water partition coefficient (Wildman–Crippen LogP) is 1.02. The van der Waals surface area contributed by atoms with Gasteiger partial charge in [-0.05, 0) is 25.9 Å². The number of halogens is 1. The van der Waals surface area contributed by atoms with E-state index in [0.717, 1.165) is 0 Å². The second kappa shape index (κ2) is 4.46. The first-order valence-electron chi connectivity index (χ1n) is 3.51. The van der Waals surface area contributed by atoms with Crippen LogP contribution in [-0.2, 0) is 0 Å². The van der Waals surface area contributed by atoms with Crippen LogP contribution in [0.2, 0.25) is 0 Å². The molecule has 0 radical (unpaired) electrons. The fraction of sp³-hybridized carbons (Fsp3) is 1.00. The zero-order valence-corrected chi connectivity index (χ0v) is 7.73. The molecule has 2 nitrogen and oxygen atoms in total. The summed E-state index contributed by atoms with van der Waals surface area (Å²) in [7, 11) is 0. The van der Waals surface area contributed by atoms with E-state index in [1.54, 1.807) is 0 Å². The fourth-order valence-corrected chi connectivity index (χ4v) is 1.67. The summed E-state index contributed by atoms with van der Waals surface area (Å²) in [5.74, 6) is 0. The molecule has 3 heteroatoms. The number of nitrogens with one attached hydrogen (secondary N) is 1. The number of hydrogen-bond donors (Lipinski definition) is 1. The Bertz CT molecular complexity index is 69.5. The van der Waals surface area contributed by atoms with Gasteiger partial charge in [-0.2, -0.15) is 0 Å². The lowest BCUT2D eigenvalue weighted by atomic mass is 10.3. The van der Waals surface area contributed by atoms with Crippen molar-refractivity contribution in [3.8, 4) is 0 Å². The van der Waals surface area contributed by atoms with Crippen molar-refractivity contribution in [2.45, 2.75) is 12.8 Å². The third-order valence-electron chi connectivity index (χ3n) is 1.51. The third kappa shape index (κ3) is 3.37. The highest BCUT2D eigenvalue weighted by atomic mass is 127. The molecule has 1 aliphatic heterocycles. The fourth-order valence-electron chi connectivity index (χ4n) is 0.988. The van der Waals surface area contributed by atoms with Crippen molar-refractivity contribution >= 4 is 22.9 Å². The predicted molar refractivity (Wildman–Crippen MR) is 47.7 cm³/mol. The van der Waals surface area contributed by atoms with E-state index >= 15 is 0 Å². The van der Waals surface area contributed by atoms with Crippen LogP contribution in [0.1, 0.15) is 12.8 Å². The van der Waals surface area contributed by atoms with Gasteiger partial charge in [0.25, 0.3) is 0 Å². The topological polar surface area (TPSA) is 15.3 Å². The van der Waals surface area contributed by atoms with E-state index < -0.39 is 0 Å². The highest BCUT2D eigenvalue weighted by molar-refractivity contribution is 14.1. The number of rotatable bonds is 0. The lowest BCUT2D eigenvalue weighted by molar-refractivity contribution is 0.433. The average Bonchev–Trinajstić information content (AvgIpc) is 1.79. The first-order valence-corrected chi connectivity index (χ1v) is 4.47. The highest BCUT2D eigenvalue weighted by Crippen LogP contribution is 2.02. The maximum atomic E-state index is 3.38. The molecule has 1 N–H and O–H groups in total. The molecule has 1 rings (SSSR count). The van der Waals surface area contributed by atoms with E-state index in [-0.39, 0.29) is 0 Å². The summed E-state index contributed by atoms with van der Waals surface area (Å²) in [5.41, 5.74) is 0. The van der Waals surface area contributed by atoms with Crippen LogP contribution in [0.5, 0.6) is 0 Å². The van der Waals surface area contributed by atoms with Crippen molar-refractivity contribution in [2.75, 3.05) is 26.2 Å². The zero-order chi connectivity index (χ0) is 6.53. The molecule has 0 saturated carbocycles. The van der Waals surface area contributed by atoms with E-state index in [2.05, 4.69) is 31.3 Å². The van der Waals surface area contributed by atoms with Crippen LogP contribution < -0.4 is 5.32 Å². The van der Waals surface area contributed by atoms with Crippen LogP contribution in [-0.4, -0.2) is 29.3 Å². The summed E-state index contributed by atoms with van der Waals surface area (Å²) < 4.78 is 2.37. The van der Waals surface area contributed by atoms with Crippen molar-refractivity contribution in [1.29, 1.82) is 0 Å². The second-order valence-electron chi connectivity index (χ2n) is 2.37. The van der Waals surface area contributed by atoms with E-state index in [1.165, 1.54) is 39.0 Å². The Morgan fingerprint density at radius 3 is 2.22 bits per heavy atom. The maximum absolute atomic E-state index is 3.38. The quantitative estimate of drug-likeness (QED) is 0.502. The Hall–Kier alpha value is 0.650. The van der Waals surface area contributed by atoms with Crippen molar-refractivity contribution in [3.05, 3.63) is 0 Å². The Kier molecular flexibility index (Phi) is 3.85. The van der Waals surface area contributed by atoms with Crippen LogP contribution in [0.3, 0.4) is 0 Å². The van der Waals surface area contributed by atoms with E-state index in [0.29, 0.717) is 0 Å². The van der Waals surface area contributed by atoms with E-state index in [4.69, 9.17) is 0 Å². The number of hydrogen-bond acceptors (Lipinski definition) is 2. The van der Waals surface area contributed by atoms with Gasteiger partial charge in [-0.15, -0.1) is 0 Å². The summed E-state index contributed by atoms with van der Waals surface area (Å²) in [6.45, 7) is 4.88. The van der Waals surface area contributed by atoms with Gasteiger partial charge in [0.05, 0.1) is 0 Å². The molecule has 1 heterocycles. The minimum absolute atomic E-state index is 1.19. The van der Waals surface area contributed by atoms with Gasteiger partial charge in [0.2, 0.25) is 0 Å². The molecule has 1 fully saturated rings. The summed E-state index contributed by atoms with van der Waals surface area (Å²) >= 11 is 2.40. The van der Waals surface area contributed by atoms with Crippen molar-refractivity contribution in [3.63, 3.8) is 0 Å². The molecule has 0 aromatic heterocycles. The molecule has 9 heavy (non-hydrogen) atoms. The second-order valence-corrected chi connectivity index (χ2v) is 3.73. The summed E-state index contributed by atoms with van der Waals surface area (Å²) in [6, 6.07) is 0. The van der Waals surface area contributed by atoms with Crippen molar-refractivity contribution in [2.24, 2.45) is 0 Å². The Labute approximate surface area is 70.5 Å². The smallest absolute Gasteiger partial charge is 0.0201 e. The molecule has 0 atom stereocenters. The van der Waals surface area contributed by atoms with E-state index in [1.807, 2.05) is 0 Å². The molecule has 0 aromatic rings. The first kappa shape index (κ1) is 7.75. The summed E-state index contributed by atoms with van der Waals surface area (Å²) in [5, 5.41) is 3.38. The van der Waals surface area contributed by atoms with Gasteiger partial charge in [-0.1, -0.05) is 0 Å². The molecule has 0 amide bonds. The van der Waals surface area contributed by atoms with Gasteiger partial charge < -0.3 is 5.32 Å². The van der Waals surface area contributed by atoms with Gasteiger partial charge in [0.1, 0.15) is 0 Å². The Balaban J connectivity index is 2.12. The third-order valence-corrected chi connectivity index (χ3v) is 2.47. The van der Waals surface area contributed by atoms with Crippen molar-refractivity contribution < 1.29 is 0 Å². The van der Waals surface area contributed by atoms with Gasteiger partial charge in [0, 0.05) is 36.0 Å². The van der Waals surface area contributed by atoms with E-state index in [9.17, 15) is 0 Å². The standard InChI is InChI=1S/C6H13IN2/c7-9-5-1-3-8-4-2-6-9/h8H,1-6H2. The van der Waals surface area contributed by atoms with Crippen LogP contribution in [0.15, 0.2) is 0 Å². The highest BCUT2D eigenvalue weighted by Gasteiger charge is 2.01. The molecule has 1 saturated heterocycles. The molecule has 0 aliphatic carbocycles. The van der Waals surface area contributed by atoms with Crippen LogP contribution in [0.4, 0.5) is 0 Å². The largest absolute Gasteiger partial charge is 0.317 e. The molecule has 0 bridgehead atoms. The SMILES string of the molecule is IN1CCCNCCC1. The van der Waals surface area contributed by atoms with Crippen LogP contribution >= 0.6 is 22.9 Å². The molecule has 0 spiro atoms. The van der Waals surface area contributed by atoms with Gasteiger partial charge in [0.15, 0.2) is 0 Å². The normalized spacial score (nSPS) is 25.0. The molecule has 0 unspecified atom stereocenters. The van der Waals surface area contributed by atoms with Crippen LogP contribution in [0.25, 0.3) is 0 Å². The lowest BCUT2D eigenvalue weighted by Gasteiger charge is -2.17. The molecule has 0 aromatic carbocycles. The van der Waals surface area contributed by atoms with Gasteiger partial charge in [-0.25, -0.2) is 3.11 Å². The number of nitrogens with zero attached hydrogens (tertiary/aromatic N) is 1. The zero-order valence-electron chi connectivity index (χ0n) is 5.57. The van der Waals surface area contributed by atoms with Crippen molar-refractivity contribution in [1.82, 2.24) is 8.43 Å². The van der Waals surface area contributed by atoms with Gasteiger partial charge >= 0.3 is 0 Å². The molecule has 54 valence electrons. The minimum Gasteiger partial charge on any atom is -0.317 e. The Morgan fingerprint density at radius 2 is 1.67 bits per heavy atom. The first-order chi connectivity index (χ1) is 4.39. The summed E-state index contributed by atoms with van der Waals surface area (Å²) in [4.78, 5) is 0. The molecular formula is C6H13IN2. The minimum atomic E-state index is 1.19. The average molecular weight is 240 g/mol.